The lowest BCUT2D eigenvalue weighted by atomic mass is 10.2. The molecule has 0 unspecified atom stereocenters. The first kappa shape index (κ1) is 19.5. The van der Waals surface area contributed by atoms with Crippen molar-refractivity contribution >= 4 is 31.5 Å². The van der Waals surface area contributed by atoms with Gasteiger partial charge in [0.2, 0.25) is 0 Å². The van der Waals surface area contributed by atoms with E-state index in [0.29, 0.717) is 0 Å². The number of pyridine rings is 1. The smallest absolute Gasteiger partial charge is 0.267 e. The summed E-state index contributed by atoms with van der Waals surface area (Å²) < 4.78 is 46.4. The summed E-state index contributed by atoms with van der Waals surface area (Å²) in [6.07, 6.45) is 3.16. The van der Waals surface area contributed by atoms with Crippen molar-refractivity contribution in [2.24, 2.45) is 0 Å². The van der Waals surface area contributed by atoms with Gasteiger partial charge in [0.15, 0.2) is 19.7 Å². The third-order valence-corrected chi connectivity index (χ3v) is 5.44. The number of hydrogen-bond donors (Lipinski definition) is 2. The van der Waals surface area contributed by atoms with Gasteiger partial charge in [0, 0.05) is 24.3 Å². The van der Waals surface area contributed by atoms with Crippen molar-refractivity contribution in [2.75, 3.05) is 12.5 Å². The first-order valence-corrected chi connectivity index (χ1v) is 10.8. The first-order valence-electron chi connectivity index (χ1n) is 7.06. The van der Waals surface area contributed by atoms with Gasteiger partial charge in [-0.15, -0.1) is 0 Å². The minimum atomic E-state index is -3.69. The first-order chi connectivity index (χ1) is 12.0. The number of nitrogens with one attached hydrogen (secondary N) is 2. The van der Waals surface area contributed by atoms with Crippen LogP contribution in [0.25, 0.3) is 0 Å². The number of carbonyl (C=O) groups is 2. The summed E-state index contributed by atoms with van der Waals surface area (Å²) in [5.41, 5.74) is 3.76. The Morgan fingerprint density at radius 1 is 0.885 bits per heavy atom. The van der Waals surface area contributed by atoms with Crippen LogP contribution in [0, 0.1) is 0 Å². The highest BCUT2D eigenvalue weighted by molar-refractivity contribution is 7.91. The standard InChI is InChI=1S/C15H15N3O6S2/c1-25(21,22)11-6-3-5-10(9-11)14(19)17-18-15(20)13-12(26(2,23)24)7-4-8-16-13/h3-9H,1-2H3,(H,17,19)(H,18,20). The molecule has 0 atom stereocenters. The van der Waals surface area contributed by atoms with Crippen molar-refractivity contribution in [3.05, 3.63) is 53.9 Å². The molecule has 0 spiro atoms. The van der Waals surface area contributed by atoms with Crippen LogP contribution in [0.4, 0.5) is 0 Å². The van der Waals surface area contributed by atoms with Crippen molar-refractivity contribution in [3.63, 3.8) is 0 Å². The molecule has 0 saturated heterocycles. The van der Waals surface area contributed by atoms with Crippen LogP contribution in [0.15, 0.2) is 52.4 Å². The second-order valence-corrected chi connectivity index (χ2v) is 9.33. The maximum atomic E-state index is 12.1. The molecule has 11 heteroatoms. The van der Waals surface area contributed by atoms with E-state index in [1.807, 2.05) is 0 Å². The average Bonchev–Trinajstić information content (AvgIpc) is 2.58. The van der Waals surface area contributed by atoms with Gasteiger partial charge in [-0.25, -0.2) is 21.8 Å². The van der Waals surface area contributed by atoms with E-state index in [0.717, 1.165) is 18.6 Å². The van der Waals surface area contributed by atoms with Gasteiger partial charge in [0.1, 0.15) is 5.69 Å². The maximum Gasteiger partial charge on any atom is 0.289 e. The SMILES string of the molecule is CS(=O)(=O)c1cccc(C(=O)NNC(=O)c2ncccc2S(C)(=O)=O)c1. The number of rotatable bonds is 4. The van der Waals surface area contributed by atoms with E-state index in [1.165, 1.54) is 36.5 Å². The fourth-order valence-electron chi connectivity index (χ4n) is 1.97. The predicted molar refractivity (Wildman–Crippen MR) is 91.8 cm³/mol. The quantitative estimate of drug-likeness (QED) is 0.690. The summed E-state index contributed by atoms with van der Waals surface area (Å²) in [5.74, 6) is -1.71. The lowest BCUT2D eigenvalue weighted by Gasteiger charge is -2.09. The molecule has 0 aliphatic carbocycles. The van der Waals surface area contributed by atoms with E-state index in [4.69, 9.17) is 0 Å². The molecule has 0 saturated carbocycles. The van der Waals surface area contributed by atoms with E-state index in [1.54, 1.807) is 0 Å². The number of benzene rings is 1. The molecule has 2 amide bonds. The molecule has 0 fully saturated rings. The molecule has 26 heavy (non-hydrogen) atoms. The Bertz CT molecular complexity index is 1080. The summed E-state index contributed by atoms with van der Waals surface area (Å²) in [5, 5.41) is 0. The second-order valence-electron chi connectivity index (χ2n) is 5.33. The number of hydrogen-bond acceptors (Lipinski definition) is 7. The van der Waals surface area contributed by atoms with E-state index >= 15 is 0 Å². The zero-order chi connectivity index (χ0) is 19.5. The van der Waals surface area contributed by atoms with Crippen LogP contribution >= 0.6 is 0 Å². The van der Waals surface area contributed by atoms with Crippen LogP contribution in [0.1, 0.15) is 20.8 Å². The van der Waals surface area contributed by atoms with Gasteiger partial charge in [0.25, 0.3) is 11.8 Å². The molecule has 0 aliphatic heterocycles. The Morgan fingerprint density at radius 2 is 1.54 bits per heavy atom. The van der Waals surface area contributed by atoms with Gasteiger partial charge in [-0.05, 0) is 30.3 Å². The Labute approximate surface area is 150 Å². The fraction of sp³-hybridized carbons (Fsp3) is 0.133. The van der Waals surface area contributed by atoms with E-state index in [2.05, 4.69) is 15.8 Å². The molecular formula is C15H15N3O6S2. The summed E-state index contributed by atoms with van der Waals surface area (Å²) in [7, 11) is -7.19. The van der Waals surface area contributed by atoms with Gasteiger partial charge in [0.05, 0.1) is 9.79 Å². The number of carbonyl (C=O) groups excluding carboxylic acids is 2. The molecule has 1 heterocycles. The summed E-state index contributed by atoms with van der Waals surface area (Å²) in [6.45, 7) is 0. The van der Waals surface area contributed by atoms with E-state index in [-0.39, 0.29) is 21.0 Å². The van der Waals surface area contributed by atoms with Gasteiger partial charge in [-0.3, -0.25) is 20.4 Å². The number of amides is 2. The third kappa shape index (κ3) is 4.64. The zero-order valence-corrected chi connectivity index (χ0v) is 15.4. The minimum absolute atomic E-state index is 0.00224. The second kappa shape index (κ2) is 7.22. The summed E-state index contributed by atoms with van der Waals surface area (Å²) in [4.78, 5) is 27.6. The molecule has 0 bridgehead atoms. The zero-order valence-electron chi connectivity index (χ0n) is 13.8. The number of aromatic nitrogens is 1. The van der Waals surface area contributed by atoms with Gasteiger partial charge in [-0.1, -0.05) is 6.07 Å². The summed E-state index contributed by atoms with van der Waals surface area (Å²) >= 11 is 0. The highest BCUT2D eigenvalue weighted by atomic mass is 32.2. The topological polar surface area (TPSA) is 139 Å². The normalized spacial score (nSPS) is 11.6. The minimum Gasteiger partial charge on any atom is -0.267 e. The predicted octanol–water partition coefficient (Wildman–Crippen LogP) is -0.0366. The van der Waals surface area contributed by atoms with Crippen LogP contribution in [-0.4, -0.2) is 46.1 Å². The van der Waals surface area contributed by atoms with Crippen molar-refractivity contribution in [3.8, 4) is 0 Å². The Balaban J connectivity index is 2.18. The maximum absolute atomic E-state index is 12.1. The van der Waals surface area contributed by atoms with Crippen molar-refractivity contribution in [2.45, 2.75) is 9.79 Å². The highest BCUT2D eigenvalue weighted by Gasteiger charge is 2.20. The number of sulfone groups is 2. The van der Waals surface area contributed by atoms with Crippen LogP contribution in [0.5, 0.6) is 0 Å². The van der Waals surface area contributed by atoms with Crippen molar-refractivity contribution < 1.29 is 26.4 Å². The molecule has 1 aromatic heterocycles. The Morgan fingerprint density at radius 3 is 2.15 bits per heavy atom. The Kier molecular flexibility index (Phi) is 5.42. The highest BCUT2D eigenvalue weighted by Crippen LogP contribution is 2.13. The molecule has 2 rings (SSSR count). The van der Waals surface area contributed by atoms with Gasteiger partial charge in [-0.2, -0.15) is 0 Å². The molecule has 2 aromatic rings. The molecule has 138 valence electrons. The largest absolute Gasteiger partial charge is 0.289 e. The molecule has 0 radical (unpaired) electrons. The van der Waals surface area contributed by atoms with Crippen molar-refractivity contribution in [1.29, 1.82) is 0 Å². The summed E-state index contributed by atoms with van der Waals surface area (Å²) in [6, 6.07) is 7.81. The average molecular weight is 397 g/mol. The molecule has 9 nitrogen and oxygen atoms in total. The van der Waals surface area contributed by atoms with Gasteiger partial charge < -0.3 is 0 Å². The Hall–Kier alpha value is -2.79. The number of nitrogens with zero attached hydrogens (tertiary/aromatic N) is 1. The van der Waals surface area contributed by atoms with Crippen LogP contribution in [-0.2, 0) is 19.7 Å². The van der Waals surface area contributed by atoms with E-state index < -0.39 is 31.5 Å². The molecular weight excluding hydrogens is 382 g/mol. The molecule has 2 N–H and O–H groups in total. The van der Waals surface area contributed by atoms with Gasteiger partial charge >= 0.3 is 0 Å². The lowest BCUT2D eigenvalue weighted by Crippen LogP contribution is -2.42. The fourth-order valence-corrected chi connectivity index (χ4v) is 3.46. The van der Waals surface area contributed by atoms with Crippen molar-refractivity contribution in [1.82, 2.24) is 15.8 Å². The van der Waals surface area contributed by atoms with Crippen LogP contribution in [0.2, 0.25) is 0 Å². The monoisotopic (exact) mass is 397 g/mol. The molecule has 1 aromatic carbocycles. The lowest BCUT2D eigenvalue weighted by molar-refractivity contribution is 0.0842. The number of hydrazine groups is 1. The van der Waals surface area contributed by atoms with Crippen LogP contribution in [0.3, 0.4) is 0 Å². The van der Waals surface area contributed by atoms with Crippen LogP contribution < -0.4 is 10.9 Å². The third-order valence-electron chi connectivity index (χ3n) is 3.20. The van der Waals surface area contributed by atoms with E-state index in [9.17, 15) is 26.4 Å². The molecule has 0 aliphatic rings.